The first-order valence-electron chi connectivity index (χ1n) is 7.04. The van der Waals surface area contributed by atoms with Crippen molar-refractivity contribution >= 4 is 0 Å². The maximum atomic E-state index is 4.69. The van der Waals surface area contributed by atoms with E-state index in [0.717, 1.165) is 25.3 Å². The van der Waals surface area contributed by atoms with Crippen LogP contribution in [0.3, 0.4) is 0 Å². The van der Waals surface area contributed by atoms with Gasteiger partial charge in [-0.2, -0.15) is 5.10 Å². The molecule has 0 saturated carbocycles. The zero-order valence-corrected chi connectivity index (χ0v) is 11.2. The van der Waals surface area contributed by atoms with Crippen LogP contribution in [0.5, 0.6) is 0 Å². The van der Waals surface area contributed by atoms with Crippen LogP contribution in [-0.4, -0.2) is 22.9 Å². The summed E-state index contributed by atoms with van der Waals surface area (Å²) in [7, 11) is 0. The fourth-order valence-electron chi connectivity index (χ4n) is 2.48. The van der Waals surface area contributed by atoms with Crippen LogP contribution in [0.1, 0.15) is 51.3 Å². The molecule has 96 valence electrons. The lowest BCUT2D eigenvalue weighted by atomic mass is 9.98. The summed E-state index contributed by atoms with van der Waals surface area (Å²) >= 11 is 0. The van der Waals surface area contributed by atoms with E-state index < -0.39 is 0 Å². The molecule has 2 heterocycles. The van der Waals surface area contributed by atoms with Crippen molar-refractivity contribution in [2.24, 2.45) is 5.92 Å². The van der Waals surface area contributed by atoms with Crippen LogP contribution < -0.4 is 5.32 Å². The van der Waals surface area contributed by atoms with E-state index in [4.69, 9.17) is 5.10 Å². The Morgan fingerprint density at radius 2 is 2.41 bits per heavy atom. The molecule has 3 nitrogen and oxygen atoms in total. The summed E-state index contributed by atoms with van der Waals surface area (Å²) in [5.41, 5.74) is 1.26. The molecule has 2 unspecified atom stereocenters. The van der Waals surface area contributed by atoms with Crippen LogP contribution in [0.2, 0.25) is 0 Å². The van der Waals surface area contributed by atoms with Gasteiger partial charge < -0.3 is 5.32 Å². The van der Waals surface area contributed by atoms with Crippen LogP contribution in [0, 0.1) is 5.92 Å². The van der Waals surface area contributed by atoms with Gasteiger partial charge in [-0.15, -0.1) is 0 Å². The van der Waals surface area contributed by atoms with Gasteiger partial charge >= 0.3 is 0 Å². The fraction of sp³-hybridized carbons (Fsp3) is 0.786. The average molecular weight is 235 g/mol. The highest BCUT2D eigenvalue weighted by atomic mass is 15.3. The lowest BCUT2D eigenvalue weighted by Gasteiger charge is -2.12. The molecular weight excluding hydrogens is 210 g/mol. The van der Waals surface area contributed by atoms with E-state index in [9.17, 15) is 0 Å². The third kappa shape index (κ3) is 3.56. The summed E-state index contributed by atoms with van der Waals surface area (Å²) in [5.74, 6) is 0.776. The van der Waals surface area contributed by atoms with Gasteiger partial charge in [-0.05, 0) is 57.7 Å². The highest BCUT2D eigenvalue weighted by Crippen LogP contribution is 2.17. The van der Waals surface area contributed by atoms with Crippen LogP contribution in [0.15, 0.2) is 12.3 Å². The number of aromatic nitrogens is 2. The molecule has 17 heavy (non-hydrogen) atoms. The van der Waals surface area contributed by atoms with Crippen LogP contribution in [0.4, 0.5) is 0 Å². The van der Waals surface area contributed by atoms with Crippen molar-refractivity contribution in [2.45, 2.75) is 52.0 Å². The Kier molecular flexibility index (Phi) is 4.60. The molecule has 1 saturated heterocycles. The third-order valence-electron chi connectivity index (χ3n) is 3.85. The van der Waals surface area contributed by atoms with Crippen molar-refractivity contribution in [1.29, 1.82) is 0 Å². The van der Waals surface area contributed by atoms with E-state index in [1.54, 1.807) is 0 Å². The molecule has 1 N–H and O–H groups in total. The molecule has 1 aliphatic heterocycles. The van der Waals surface area contributed by atoms with Gasteiger partial charge in [-0.1, -0.05) is 13.3 Å². The summed E-state index contributed by atoms with van der Waals surface area (Å²) in [6, 6.07) is 2.72. The van der Waals surface area contributed by atoms with Gasteiger partial charge in [0.05, 0.1) is 5.69 Å². The highest BCUT2D eigenvalue weighted by Gasteiger charge is 2.14. The highest BCUT2D eigenvalue weighted by molar-refractivity contribution is 5.01. The minimum Gasteiger partial charge on any atom is -0.316 e. The first kappa shape index (κ1) is 12.6. The standard InChI is InChI=1S/C14H25N3/c1-3-12(2)17-9-7-14(16-17)10-13-6-4-5-8-15-11-13/h7,9,12-13,15H,3-6,8,10-11H2,1-2H3. The third-order valence-corrected chi connectivity index (χ3v) is 3.85. The second kappa shape index (κ2) is 6.20. The number of hydrogen-bond acceptors (Lipinski definition) is 2. The molecule has 0 radical (unpaired) electrons. The predicted molar refractivity (Wildman–Crippen MR) is 71.1 cm³/mol. The first-order valence-corrected chi connectivity index (χ1v) is 7.04. The average Bonchev–Trinajstić information content (AvgIpc) is 2.65. The van der Waals surface area contributed by atoms with Crippen molar-refractivity contribution < 1.29 is 0 Å². The quantitative estimate of drug-likeness (QED) is 0.869. The van der Waals surface area contributed by atoms with Crippen molar-refractivity contribution in [2.75, 3.05) is 13.1 Å². The molecule has 1 fully saturated rings. The molecule has 1 aliphatic rings. The van der Waals surface area contributed by atoms with E-state index >= 15 is 0 Å². The molecule has 3 heteroatoms. The smallest absolute Gasteiger partial charge is 0.0627 e. The minimum absolute atomic E-state index is 0.524. The van der Waals surface area contributed by atoms with Gasteiger partial charge in [0, 0.05) is 12.2 Å². The summed E-state index contributed by atoms with van der Waals surface area (Å²) < 4.78 is 2.11. The molecule has 0 bridgehead atoms. The van der Waals surface area contributed by atoms with Crippen molar-refractivity contribution in [1.82, 2.24) is 15.1 Å². The first-order chi connectivity index (χ1) is 8.29. The SMILES string of the molecule is CCC(C)n1ccc(CC2CCCCNC2)n1. The maximum Gasteiger partial charge on any atom is 0.0627 e. The largest absolute Gasteiger partial charge is 0.316 e. The van der Waals surface area contributed by atoms with Crippen LogP contribution in [-0.2, 0) is 6.42 Å². The van der Waals surface area contributed by atoms with Gasteiger partial charge in [0.25, 0.3) is 0 Å². The van der Waals surface area contributed by atoms with E-state index in [0.29, 0.717) is 6.04 Å². The minimum atomic E-state index is 0.524. The zero-order valence-electron chi connectivity index (χ0n) is 11.2. The van der Waals surface area contributed by atoms with E-state index in [-0.39, 0.29) is 0 Å². The molecule has 0 aliphatic carbocycles. The van der Waals surface area contributed by atoms with Crippen LogP contribution >= 0.6 is 0 Å². The number of nitrogens with one attached hydrogen (secondary N) is 1. The molecule has 0 spiro atoms. The summed E-state index contributed by atoms with van der Waals surface area (Å²) in [4.78, 5) is 0. The Morgan fingerprint density at radius 1 is 1.53 bits per heavy atom. The lowest BCUT2D eigenvalue weighted by Crippen LogP contribution is -2.22. The zero-order chi connectivity index (χ0) is 12.1. The number of hydrogen-bond donors (Lipinski definition) is 1. The van der Waals surface area contributed by atoms with E-state index in [2.05, 4.69) is 36.1 Å². The van der Waals surface area contributed by atoms with Gasteiger partial charge in [0.1, 0.15) is 0 Å². The monoisotopic (exact) mass is 235 g/mol. The maximum absolute atomic E-state index is 4.69. The molecule has 0 amide bonds. The second-order valence-electron chi connectivity index (χ2n) is 5.31. The van der Waals surface area contributed by atoms with Crippen LogP contribution in [0.25, 0.3) is 0 Å². The van der Waals surface area contributed by atoms with Crippen molar-refractivity contribution in [3.05, 3.63) is 18.0 Å². The Balaban J connectivity index is 1.91. The van der Waals surface area contributed by atoms with Crippen molar-refractivity contribution in [3.8, 4) is 0 Å². The summed E-state index contributed by atoms with van der Waals surface area (Å²) in [6.45, 7) is 6.79. The predicted octanol–water partition coefficient (Wildman–Crippen LogP) is 2.79. The topological polar surface area (TPSA) is 29.9 Å². The van der Waals surface area contributed by atoms with Gasteiger partial charge in [0.2, 0.25) is 0 Å². The molecular formula is C14H25N3. The van der Waals surface area contributed by atoms with Gasteiger partial charge in [0.15, 0.2) is 0 Å². The molecule has 2 atom stereocenters. The number of nitrogens with zero attached hydrogens (tertiary/aromatic N) is 2. The molecule has 1 aromatic rings. The Bertz CT molecular complexity index is 324. The second-order valence-corrected chi connectivity index (χ2v) is 5.31. The molecule has 1 aromatic heterocycles. The number of rotatable bonds is 4. The van der Waals surface area contributed by atoms with Gasteiger partial charge in [-0.25, -0.2) is 0 Å². The normalized spacial score (nSPS) is 23.3. The van der Waals surface area contributed by atoms with E-state index in [1.165, 1.54) is 31.5 Å². The Hall–Kier alpha value is -0.830. The van der Waals surface area contributed by atoms with Gasteiger partial charge in [-0.3, -0.25) is 4.68 Å². The lowest BCUT2D eigenvalue weighted by molar-refractivity contribution is 0.449. The summed E-state index contributed by atoms with van der Waals surface area (Å²) in [6.07, 6.45) is 8.46. The Labute approximate surface area is 105 Å². The molecule has 2 rings (SSSR count). The Morgan fingerprint density at radius 3 is 3.24 bits per heavy atom. The fourth-order valence-corrected chi connectivity index (χ4v) is 2.48. The summed E-state index contributed by atoms with van der Waals surface area (Å²) in [5, 5.41) is 8.22. The van der Waals surface area contributed by atoms with E-state index in [1.807, 2.05) is 0 Å². The molecule has 0 aromatic carbocycles. The van der Waals surface area contributed by atoms with Crippen molar-refractivity contribution in [3.63, 3.8) is 0 Å².